The third kappa shape index (κ3) is 2.25. The summed E-state index contributed by atoms with van der Waals surface area (Å²) in [6.45, 7) is 2.50. The Bertz CT molecular complexity index is 261. The zero-order valence-electron chi connectivity index (χ0n) is 8.22. The van der Waals surface area contributed by atoms with Crippen molar-refractivity contribution in [3.8, 4) is 0 Å². The smallest absolute Gasteiger partial charge is 0.185 e. The van der Waals surface area contributed by atoms with Crippen molar-refractivity contribution in [3.63, 3.8) is 0 Å². The van der Waals surface area contributed by atoms with E-state index in [-0.39, 0.29) is 0 Å². The summed E-state index contributed by atoms with van der Waals surface area (Å²) in [5, 5.41) is 12.1. The molecular weight excluding hydrogens is 196 g/mol. The predicted molar refractivity (Wildman–Crippen MR) is 58.8 cm³/mol. The fourth-order valence-electron chi connectivity index (χ4n) is 2.03. The van der Waals surface area contributed by atoms with Gasteiger partial charge >= 0.3 is 0 Å². The fourth-order valence-corrected chi connectivity index (χ4v) is 2.71. The topological polar surface area (TPSA) is 36.4 Å². The molecule has 4 heteroatoms. The van der Waals surface area contributed by atoms with Gasteiger partial charge in [0.1, 0.15) is 0 Å². The fraction of sp³-hybridized carbons (Fsp3) is 0.700. The van der Waals surface area contributed by atoms with E-state index in [1.54, 1.807) is 11.3 Å². The summed E-state index contributed by atoms with van der Waals surface area (Å²) in [6.07, 6.45) is 5.27. The van der Waals surface area contributed by atoms with Gasteiger partial charge in [0.25, 0.3) is 0 Å². The minimum atomic E-state index is 0.316. The Morgan fingerprint density at radius 1 is 1.64 bits per heavy atom. The minimum absolute atomic E-state index is 0.316. The van der Waals surface area contributed by atoms with Crippen LogP contribution in [0.1, 0.15) is 19.3 Å². The zero-order valence-corrected chi connectivity index (χ0v) is 9.04. The van der Waals surface area contributed by atoms with Gasteiger partial charge in [0.2, 0.25) is 0 Å². The van der Waals surface area contributed by atoms with Crippen LogP contribution >= 0.6 is 11.3 Å². The van der Waals surface area contributed by atoms with Gasteiger partial charge in [0.05, 0.1) is 0 Å². The van der Waals surface area contributed by atoms with Gasteiger partial charge in [-0.2, -0.15) is 0 Å². The molecule has 14 heavy (non-hydrogen) atoms. The lowest BCUT2D eigenvalue weighted by molar-refractivity contribution is 0.244. The van der Waals surface area contributed by atoms with Crippen molar-refractivity contribution in [3.05, 3.63) is 11.6 Å². The van der Waals surface area contributed by atoms with E-state index in [0.29, 0.717) is 12.5 Å². The number of aliphatic hydroxyl groups is 1. The number of aromatic nitrogens is 1. The number of thiazole rings is 1. The molecule has 3 nitrogen and oxygen atoms in total. The van der Waals surface area contributed by atoms with Gasteiger partial charge in [-0.05, 0) is 25.2 Å². The Kier molecular flexibility index (Phi) is 3.37. The van der Waals surface area contributed by atoms with Crippen molar-refractivity contribution in [1.29, 1.82) is 0 Å². The van der Waals surface area contributed by atoms with Gasteiger partial charge in [-0.3, -0.25) is 0 Å². The Hall–Kier alpha value is -0.610. The zero-order chi connectivity index (χ0) is 9.80. The summed E-state index contributed by atoms with van der Waals surface area (Å²) in [6, 6.07) is 0. The number of hydrogen-bond acceptors (Lipinski definition) is 4. The third-order valence-corrected chi connectivity index (χ3v) is 3.58. The molecule has 2 heterocycles. The Balaban J connectivity index is 1.94. The van der Waals surface area contributed by atoms with Crippen LogP contribution in [0, 0.1) is 5.92 Å². The van der Waals surface area contributed by atoms with E-state index in [9.17, 15) is 0 Å². The summed E-state index contributed by atoms with van der Waals surface area (Å²) < 4.78 is 0. The molecule has 1 saturated heterocycles. The van der Waals surface area contributed by atoms with E-state index >= 15 is 0 Å². The van der Waals surface area contributed by atoms with Crippen LogP contribution in [0.15, 0.2) is 11.6 Å². The minimum Gasteiger partial charge on any atom is -0.396 e. The normalized spacial score (nSPS) is 22.6. The van der Waals surface area contributed by atoms with Crippen LogP contribution in [0.25, 0.3) is 0 Å². The van der Waals surface area contributed by atoms with E-state index in [1.165, 1.54) is 12.8 Å². The van der Waals surface area contributed by atoms with E-state index in [1.807, 2.05) is 11.6 Å². The molecule has 0 radical (unpaired) electrons. The van der Waals surface area contributed by atoms with Gasteiger partial charge in [0.15, 0.2) is 5.13 Å². The monoisotopic (exact) mass is 212 g/mol. The highest BCUT2D eigenvalue weighted by Crippen LogP contribution is 2.25. The quantitative estimate of drug-likeness (QED) is 0.829. The summed E-state index contributed by atoms with van der Waals surface area (Å²) in [5.41, 5.74) is 0. The summed E-state index contributed by atoms with van der Waals surface area (Å²) in [4.78, 5) is 6.66. The number of aliphatic hydroxyl groups excluding tert-OH is 1. The van der Waals surface area contributed by atoms with Gasteiger partial charge in [-0.1, -0.05) is 0 Å². The maximum Gasteiger partial charge on any atom is 0.185 e. The lowest BCUT2D eigenvalue weighted by atomic mass is 9.95. The van der Waals surface area contributed by atoms with E-state index < -0.39 is 0 Å². The molecule has 0 aliphatic carbocycles. The van der Waals surface area contributed by atoms with E-state index in [2.05, 4.69) is 9.88 Å². The molecule has 1 aliphatic rings. The average Bonchev–Trinajstić information content (AvgIpc) is 2.71. The molecule has 0 bridgehead atoms. The lowest BCUT2D eigenvalue weighted by Gasteiger charge is -2.32. The van der Waals surface area contributed by atoms with Crippen molar-refractivity contribution in [1.82, 2.24) is 4.98 Å². The lowest BCUT2D eigenvalue weighted by Crippen LogP contribution is -2.35. The van der Waals surface area contributed by atoms with E-state index in [4.69, 9.17) is 5.11 Å². The number of piperidine rings is 1. The van der Waals surface area contributed by atoms with Crippen LogP contribution in [0.2, 0.25) is 0 Å². The Labute approximate surface area is 88.4 Å². The molecule has 2 rings (SSSR count). The SMILES string of the molecule is OCCC1CCCN(c2nccs2)C1. The maximum absolute atomic E-state index is 8.90. The second kappa shape index (κ2) is 4.75. The highest BCUT2D eigenvalue weighted by atomic mass is 32.1. The predicted octanol–water partition coefficient (Wildman–Crippen LogP) is 1.74. The summed E-state index contributed by atoms with van der Waals surface area (Å²) in [5.74, 6) is 0.651. The first-order chi connectivity index (χ1) is 6.90. The first kappa shape index (κ1) is 9.93. The Morgan fingerprint density at radius 2 is 2.57 bits per heavy atom. The van der Waals surface area contributed by atoms with Crippen LogP contribution in [-0.2, 0) is 0 Å². The molecular formula is C10H16N2OS. The number of nitrogens with zero attached hydrogens (tertiary/aromatic N) is 2. The highest BCUT2D eigenvalue weighted by Gasteiger charge is 2.20. The number of anilines is 1. The largest absolute Gasteiger partial charge is 0.396 e. The molecule has 0 saturated carbocycles. The molecule has 78 valence electrons. The first-order valence-electron chi connectivity index (χ1n) is 5.15. The molecule has 0 spiro atoms. The number of rotatable bonds is 3. The second-order valence-corrected chi connectivity index (χ2v) is 4.65. The first-order valence-corrected chi connectivity index (χ1v) is 6.03. The third-order valence-electron chi connectivity index (χ3n) is 2.75. The van der Waals surface area contributed by atoms with Crippen molar-refractivity contribution in [2.75, 3.05) is 24.6 Å². The molecule has 1 unspecified atom stereocenters. The average molecular weight is 212 g/mol. The van der Waals surface area contributed by atoms with Crippen molar-refractivity contribution < 1.29 is 5.11 Å². The molecule has 1 aromatic rings. The standard InChI is InChI=1S/C10H16N2OS/c13-6-3-9-2-1-5-12(8-9)10-11-4-7-14-10/h4,7,9,13H,1-3,5-6,8H2. The molecule has 1 atom stereocenters. The summed E-state index contributed by atoms with van der Waals surface area (Å²) in [7, 11) is 0. The Morgan fingerprint density at radius 3 is 3.29 bits per heavy atom. The number of hydrogen-bond donors (Lipinski definition) is 1. The van der Waals surface area contributed by atoms with Crippen molar-refractivity contribution >= 4 is 16.5 Å². The molecule has 1 N–H and O–H groups in total. The van der Waals surface area contributed by atoms with Gasteiger partial charge in [-0.25, -0.2) is 4.98 Å². The second-order valence-electron chi connectivity index (χ2n) is 3.78. The van der Waals surface area contributed by atoms with Crippen LogP contribution in [0.3, 0.4) is 0 Å². The maximum atomic E-state index is 8.90. The highest BCUT2D eigenvalue weighted by molar-refractivity contribution is 7.13. The van der Waals surface area contributed by atoms with Crippen LogP contribution in [0.5, 0.6) is 0 Å². The molecule has 0 amide bonds. The summed E-state index contributed by atoms with van der Waals surface area (Å²) >= 11 is 1.70. The molecule has 1 aromatic heterocycles. The molecule has 1 aliphatic heterocycles. The van der Waals surface area contributed by atoms with E-state index in [0.717, 1.165) is 24.6 Å². The van der Waals surface area contributed by atoms with Crippen LogP contribution < -0.4 is 4.90 Å². The van der Waals surface area contributed by atoms with Crippen molar-refractivity contribution in [2.24, 2.45) is 5.92 Å². The van der Waals surface area contributed by atoms with Gasteiger partial charge < -0.3 is 10.0 Å². The van der Waals surface area contributed by atoms with Gasteiger partial charge in [0, 0.05) is 31.3 Å². The van der Waals surface area contributed by atoms with Crippen molar-refractivity contribution in [2.45, 2.75) is 19.3 Å². The van der Waals surface area contributed by atoms with Crippen LogP contribution in [-0.4, -0.2) is 29.8 Å². The van der Waals surface area contributed by atoms with Crippen LogP contribution in [0.4, 0.5) is 5.13 Å². The van der Waals surface area contributed by atoms with Gasteiger partial charge in [-0.15, -0.1) is 11.3 Å². The molecule has 1 fully saturated rings. The molecule has 0 aromatic carbocycles.